The van der Waals surface area contributed by atoms with Crippen molar-refractivity contribution in [3.05, 3.63) is 47.4 Å². The summed E-state index contributed by atoms with van der Waals surface area (Å²) in [5.74, 6) is 1.69. The van der Waals surface area contributed by atoms with Crippen LogP contribution in [0.5, 0.6) is 0 Å². The number of aromatic nitrogens is 2. The van der Waals surface area contributed by atoms with E-state index in [1.54, 1.807) is 6.07 Å². The van der Waals surface area contributed by atoms with E-state index >= 15 is 0 Å². The van der Waals surface area contributed by atoms with Crippen LogP contribution in [0.1, 0.15) is 95.7 Å². The molecule has 164 valence electrons. The predicted octanol–water partition coefficient (Wildman–Crippen LogP) is 7.94. The van der Waals surface area contributed by atoms with Crippen molar-refractivity contribution in [2.24, 2.45) is 11.8 Å². The summed E-state index contributed by atoms with van der Waals surface area (Å²) in [6, 6.07) is 9.59. The van der Waals surface area contributed by atoms with Gasteiger partial charge in [-0.1, -0.05) is 83.8 Å². The highest BCUT2D eigenvalue weighted by Crippen LogP contribution is 2.33. The molecule has 0 unspecified atom stereocenters. The maximum absolute atomic E-state index is 14.5. The Bertz CT molecular complexity index is 748. The van der Waals surface area contributed by atoms with Crippen molar-refractivity contribution in [2.45, 2.75) is 97.3 Å². The zero-order chi connectivity index (χ0) is 21.2. The first-order valence-corrected chi connectivity index (χ1v) is 12.3. The molecule has 0 N–H and O–H groups in total. The SMILES string of the molecule is CCCCCCc1ccc(-c2ccc(CCC3CCC(CCC)CC3)nn2)cc1F. The summed E-state index contributed by atoms with van der Waals surface area (Å²) in [7, 11) is 0. The molecule has 1 aromatic heterocycles. The lowest BCUT2D eigenvalue weighted by Crippen LogP contribution is -2.15. The third-order valence-electron chi connectivity index (χ3n) is 6.84. The van der Waals surface area contributed by atoms with Gasteiger partial charge in [0.05, 0.1) is 11.4 Å². The van der Waals surface area contributed by atoms with E-state index in [0.717, 1.165) is 53.6 Å². The molecule has 0 saturated heterocycles. The molecular formula is C27H39FN2. The molecule has 30 heavy (non-hydrogen) atoms. The lowest BCUT2D eigenvalue weighted by Gasteiger charge is -2.28. The second-order valence-electron chi connectivity index (χ2n) is 9.24. The van der Waals surface area contributed by atoms with Gasteiger partial charge in [0.15, 0.2) is 0 Å². The Balaban J connectivity index is 1.49. The molecule has 0 atom stereocenters. The molecule has 0 spiro atoms. The van der Waals surface area contributed by atoms with Gasteiger partial charge in [0.1, 0.15) is 5.82 Å². The van der Waals surface area contributed by atoms with E-state index < -0.39 is 0 Å². The fourth-order valence-corrected chi connectivity index (χ4v) is 4.87. The lowest BCUT2D eigenvalue weighted by atomic mass is 9.78. The number of hydrogen-bond donors (Lipinski definition) is 0. The van der Waals surface area contributed by atoms with Crippen LogP contribution >= 0.6 is 0 Å². The van der Waals surface area contributed by atoms with Crippen molar-refractivity contribution in [3.8, 4) is 11.3 Å². The molecular weight excluding hydrogens is 371 g/mol. The van der Waals surface area contributed by atoms with Crippen molar-refractivity contribution >= 4 is 0 Å². The van der Waals surface area contributed by atoms with Gasteiger partial charge in [0.2, 0.25) is 0 Å². The summed E-state index contributed by atoms with van der Waals surface area (Å²) in [5, 5.41) is 8.82. The quantitative estimate of drug-likeness (QED) is 0.351. The van der Waals surface area contributed by atoms with Gasteiger partial charge >= 0.3 is 0 Å². The largest absolute Gasteiger partial charge is 0.207 e. The lowest BCUT2D eigenvalue weighted by molar-refractivity contribution is 0.252. The smallest absolute Gasteiger partial charge is 0.127 e. The van der Waals surface area contributed by atoms with Crippen LogP contribution in [0.3, 0.4) is 0 Å². The Morgan fingerprint density at radius 2 is 1.57 bits per heavy atom. The van der Waals surface area contributed by atoms with E-state index in [1.807, 2.05) is 18.2 Å². The summed E-state index contributed by atoms with van der Waals surface area (Å²) >= 11 is 0. The summed E-state index contributed by atoms with van der Waals surface area (Å²) in [6.07, 6.45) is 16.0. The van der Waals surface area contributed by atoms with E-state index in [1.165, 1.54) is 64.2 Å². The number of halogens is 1. The Morgan fingerprint density at radius 1 is 0.800 bits per heavy atom. The van der Waals surface area contributed by atoms with E-state index in [0.29, 0.717) is 0 Å². The minimum absolute atomic E-state index is 0.117. The van der Waals surface area contributed by atoms with Crippen molar-refractivity contribution in [1.82, 2.24) is 10.2 Å². The Morgan fingerprint density at radius 3 is 2.20 bits per heavy atom. The second kappa shape index (κ2) is 12.2. The molecule has 1 heterocycles. The fraction of sp³-hybridized carbons (Fsp3) is 0.630. The Hall–Kier alpha value is -1.77. The molecule has 2 nitrogen and oxygen atoms in total. The van der Waals surface area contributed by atoms with Crippen molar-refractivity contribution in [2.75, 3.05) is 0 Å². The van der Waals surface area contributed by atoms with Crippen LogP contribution in [0, 0.1) is 17.7 Å². The summed E-state index contributed by atoms with van der Waals surface area (Å²) < 4.78 is 14.5. The van der Waals surface area contributed by atoms with Crippen LogP contribution in [-0.2, 0) is 12.8 Å². The highest BCUT2D eigenvalue weighted by molar-refractivity contribution is 5.59. The van der Waals surface area contributed by atoms with Gasteiger partial charge in [-0.05, 0) is 61.3 Å². The van der Waals surface area contributed by atoms with Crippen LogP contribution < -0.4 is 0 Å². The van der Waals surface area contributed by atoms with Crippen molar-refractivity contribution in [3.63, 3.8) is 0 Å². The third-order valence-corrected chi connectivity index (χ3v) is 6.84. The first-order chi connectivity index (χ1) is 14.7. The average molecular weight is 411 g/mol. The topological polar surface area (TPSA) is 25.8 Å². The number of hydrogen-bond acceptors (Lipinski definition) is 2. The highest BCUT2D eigenvalue weighted by Gasteiger charge is 2.20. The number of unbranched alkanes of at least 4 members (excludes halogenated alkanes) is 3. The molecule has 0 radical (unpaired) electrons. The summed E-state index contributed by atoms with van der Waals surface area (Å²) in [4.78, 5) is 0. The normalized spacial score (nSPS) is 19.2. The molecule has 2 aromatic rings. The molecule has 3 heteroatoms. The number of nitrogens with zero attached hydrogens (tertiary/aromatic N) is 2. The first kappa shape index (κ1) is 22.9. The van der Waals surface area contributed by atoms with Crippen LogP contribution in [0.15, 0.2) is 30.3 Å². The van der Waals surface area contributed by atoms with E-state index in [-0.39, 0.29) is 5.82 Å². The van der Waals surface area contributed by atoms with E-state index in [2.05, 4.69) is 30.1 Å². The third kappa shape index (κ3) is 6.89. The molecule has 1 saturated carbocycles. The zero-order valence-electron chi connectivity index (χ0n) is 19.0. The molecule has 3 rings (SSSR count). The number of aryl methyl sites for hydroxylation is 2. The van der Waals surface area contributed by atoms with Crippen LogP contribution in [-0.4, -0.2) is 10.2 Å². The summed E-state index contributed by atoms with van der Waals surface area (Å²) in [5.41, 5.74) is 3.45. The van der Waals surface area contributed by atoms with Gasteiger partial charge in [-0.25, -0.2) is 4.39 Å². The van der Waals surface area contributed by atoms with E-state index in [9.17, 15) is 4.39 Å². The Labute approximate surface area is 182 Å². The molecule has 1 aliphatic rings. The molecule has 0 amide bonds. The molecule has 1 aromatic carbocycles. The highest BCUT2D eigenvalue weighted by atomic mass is 19.1. The zero-order valence-corrected chi connectivity index (χ0v) is 19.0. The Kier molecular flexibility index (Phi) is 9.29. The van der Waals surface area contributed by atoms with Gasteiger partial charge in [0, 0.05) is 5.56 Å². The second-order valence-corrected chi connectivity index (χ2v) is 9.24. The maximum atomic E-state index is 14.5. The van der Waals surface area contributed by atoms with Crippen LogP contribution in [0.4, 0.5) is 4.39 Å². The van der Waals surface area contributed by atoms with Crippen molar-refractivity contribution in [1.29, 1.82) is 0 Å². The maximum Gasteiger partial charge on any atom is 0.127 e. The number of rotatable bonds is 11. The molecule has 1 aliphatic carbocycles. The van der Waals surface area contributed by atoms with Gasteiger partial charge in [-0.15, -0.1) is 0 Å². The first-order valence-electron chi connectivity index (χ1n) is 12.3. The monoisotopic (exact) mass is 410 g/mol. The predicted molar refractivity (Wildman–Crippen MR) is 124 cm³/mol. The van der Waals surface area contributed by atoms with Crippen molar-refractivity contribution < 1.29 is 4.39 Å². The molecule has 0 bridgehead atoms. The molecule has 1 fully saturated rings. The average Bonchev–Trinajstić information content (AvgIpc) is 2.78. The van der Waals surface area contributed by atoms with Gasteiger partial charge in [-0.2, -0.15) is 10.2 Å². The van der Waals surface area contributed by atoms with E-state index in [4.69, 9.17) is 0 Å². The minimum atomic E-state index is -0.117. The summed E-state index contributed by atoms with van der Waals surface area (Å²) in [6.45, 7) is 4.49. The molecule has 0 aliphatic heterocycles. The minimum Gasteiger partial charge on any atom is -0.207 e. The van der Waals surface area contributed by atoms with Gasteiger partial charge in [0.25, 0.3) is 0 Å². The van der Waals surface area contributed by atoms with Crippen LogP contribution in [0.25, 0.3) is 11.3 Å². The standard InChI is InChI=1S/C27H39FN2/c1-3-5-6-7-9-23-15-16-24(20-26(23)28)27-19-18-25(29-30-27)17-14-22-12-10-21(8-4-2)11-13-22/h15-16,18-22H,3-14,17H2,1-2H3. The van der Waals surface area contributed by atoms with Crippen LogP contribution in [0.2, 0.25) is 0 Å². The van der Waals surface area contributed by atoms with Gasteiger partial charge < -0.3 is 0 Å². The number of benzene rings is 1. The van der Waals surface area contributed by atoms with Gasteiger partial charge in [-0.3, -0.25) is 0 Å². The fourth-order valence-electron chi connectivity index (χ4n) is 4.87.